The van der Waals surface area contributed by atoms with Crippen LogP contribution in [0.3, 0.4) is 0 Å². The molecule has 0 radical (unpaired) electrons. The summed E-state index contributed by atoms with van der Waals surface area (Å²) in [6, 6.07) is 10.6. The molecule has 196 valence electrons. The molecule has 8 nitrogen and oxygen atoms in total. The highest BCUT2D eigenvalue weighted by Crippen LogP contribution is 2.39. The second-order valence-corrected chi connectivity index (χ2v) is 9.60. The quantitative estimate of drug-likeness (QED) is 0.171. The van der Waals surface area contributed by atoms with E-state index >= 15 is 0 Å². The maximum absolute atomic E-state index is 11.3. The van der Waals surface area contributed by atoms with Gasteiger partial charge in [0.05, 0.1) is 15.9 Å². The summed E-state index contributed by atoms with van der Waals surface area (Å²) >= 11 is 20.0. The third kappa shape index (κ3) is 10.7. The van der Waals surface area contributed by atoms with Gasteiger partial charge in [-0.1, -0.05) is 35.0 Å². The average Bonchev–Trinajstić information content (AvgIpc) is 2.79. The fraction of sp³-hybridized carbons (Fsp3) is 0.375. The van der Waals surface area contributed by atoms with Crippen molar-refractivity contribution in [2.24, 2.45) is 0 Å². The first kappa shape index (κ1) is 29.9. The highest BCUT2D eigenvalue weighted by atomic mass is 35.5. The Bertz CT molecular complexity index is 1030. The Morgan fingerprint density at radius 1 is 0.778 bits per heavy atom. The first-order valence-corrected chi connectivity index (χ1v) is 12.7. The van der Waals surface area contributed by atoms with Gasteiger partial charge in [-0.2, -0.15) is 0 Å². The van der Waals surface area contributed by atoms with Gasteiger partial charge >= 0.3 is 17.9 Å². The van der Waals surface area contributed by atoms with Crippen LogP contribution >= 0.6 is 46.6 Å². The SMILES string of the molecule is CC(=O)OC[C@H](COc1c(Cl)cc(Sc2ccc(OC[C@@H](CCl)OC(C)=O)cc2)cc1Cl)OC(C)=O. The Balaban J connectivity index is 1.99. The van der Waals surface area contributed by atoms with E-state index in [0.29, 0.717) is 5.75 Å². The molecule has 0 unspecified atom stereocenters. The normalized spacial score (nSPS) is 12.3. The van der Waals surface area contributed by atoms with Crippen LogP contribution in [0.25, 0.3) is 0 Å². The summed E-state index contributed by atoms with van der Waals surface area (Å²) in [5.74, 6) is -0.530. The lowest BCUT2D eigenvalue weighted by molar-refractivity contribution is -0.158. The van der Waals surface area contributed by atoms with Crippen molar-refractivity contribution >= 4 is 64.5 Å². The number of carbonyl (C=O) groups is 3. The maximum atomic E-state index is 11.3. The maximum Gasteiger partial charge on any atom is 0.303 e. The summed E-state index contributed by atoms with van der Waals surface area (Å²) in [6.07, 6.45) is -1.35. The van der Waals surface area contributed by atoms with Crippen LogP contribution in [0.2, 0.25) is 10.0 Å². The zero-order valence-electron chi connectivity index (χ0n) is 19.8. The molecule has 0 heterocycles. The number of alkyl halides is 1. The molecule has 0 aliphatic heterocycles. The Morgan fingerprint density at radius 2 is 1.33 bits per heavy atom. The molecule has 36 heavy (non-hydrogen) atoms. The first-order chi connectivity index (χ1) is 17.1. The molecule has 0 fully saturated rings. The minimum atomic E-state index is -0.818. The lowest BCUT2D eigenvalue weighted by Crippen LogP contribution is -2.30. The second kappa shape index (κ2) is 15.0. The van der Waals surface area contributed by atoms with Crippen molar-refractivity contribution in [1.29, 1.82) is 0 Å². The van der Waals surface area contributed by atoms with E-state index in [1.54, 1.807) is 24.3 Å². The summed E-state index contributed by atoms with van der Waals surface area (Å²) in [7, 11) is 0. The number of halogens is 3. The fourth-order valence-electron chi connectivity index (χ4n) is 2.74. The van der Waals surface area contributed by atoms with Crippen molar-refractivity contribution in [3.05, 3.63) is 46.4 Å². The topological polar surface area (TPSA) is 97.4 Å². The van der Waals surface area contributed by atoms with E-state index in [-0.39, 0.29) is 41.5 Å². The smallest absolute Gasteiger partial charge is 0.303 e. The molecule has 0 amide bonds. The largest absolute Gasteiger partial charge is 0.490 e. The summed E-state index contributed by atoms with van der Waals surface area (Å²) in [4.78, 5) is 35.1. The molecule has 0 spiro atoms. The van der Waals surface area contributed by atoms with Crippen LogP contribution in [0.1, 0.15) is 20.8 Å². The van der Waals surface area contributed by atoms with Gasteiger partial charge in [-0.3, -0.25) is 14.4 Å². The molecular formula is C24H25Cl3O8S. The van der Waals surface area contributed by atoms with Crippen LogP contribution in [-0.4, -0.2) is 55.8 Å². The third-order valence-corrected chi connectivity index (χ3v) is 6.08. The van der Waals surface area contributed by atoms with Crippen molar-refractivity contribution in [3.63, 3.8) is 0 Å². The molecule has 0 aliphatic carbocycles. The van der Waals surface area contributed by atoms with Crippen molar-refractivity contribution in [3.8, 4) is 11.5 Å². The van der Waals surface area contributed by atoms with Gasteiger partial charge in [0, 0.05) is 30.6 Å². The van der Waals surface area contributed by atoms with Gasteiger partial charge in [0.15, 0.2) is 11.9 Å². The minimum absolute atomic E-state index is 0.109. The number of esters is 3. The van der Waals surface area contributed by atoms with Gasteiger partial charge in [-0.25, -0.2) is 0 Å². The van der Waals surface area contributed by atoms with Crippen LogP contribution in [0, 0.1) is 0 Å². The third-order valence-electron chi connectivity index (χ3n) is 4.19. The van der Waals surface area contributed by atoms with Gasteiger partial charge in [0.2, 0.25) is 0 Å². The number of ether oxygens (including phenoxy) is 5. The Morgan fingerprint density at radius 3 is 1.86 bits per heavy atom. The molecule has 12 heteroatoms. The number of hydrogen-bond donors (Lipinski definition) is 0. The fourth-order valence-corrected chi connectivity index (χ4v) is 4.52. The summed E-state index contributed by atoms with van der Waals surface area (Å²) < 4.78 is 26.3. The van der Waals surface area contributed by atoms with Gasteiger partial charge < -0.3 is 23.7 Å². The van der Waals surface area contributed by atoms with E-state index in [1.807, 2.05) is 12.1 Å². The van der Waals surface area contributed by atoms with Crippen LogP contribution in [0.15, 0.2) is 46.2 Å². The van der Waals surface area contributed by atoms with Crippen LogP contribution in [-0.2, 0) is 28.6 Å². The number of hydrogen-bond acceptors (Lipinski definition) is 9. The summed E-state index contributed by atoms with van der Waals surface area (Å²) in [6.45, 7) is 3.68. The predicted molar refractivity (Wildman–Crippen MR) is 136 cm³/mol. The Hall–Kier alpha value is -2.33. The highest BCUT2D eigenvalue weighted by Gasteiger charge is 2.18. The van der Waals surface area contributed by atoms with Crippen LogP contribution in [0.4, 0.5) is 0 Å². The molecule has 0 saturated heterocycles. The van der Waals surface area contributed by atoms with E-state index < -0.39 is 30.1 Å². The summed E-state index contributed by atoms with van der Waals surface area (Å²) in [5, 5.41) is 0.521. The first-order valence-electron chi connectivity index (χ1n) is 10.6. The molecule has 2 atom stereocenters. The van der Waals surface area contributed by atoms with Gasteiger partial charge in [0.1, 0.15) is 31.7 Å². The van der Waals surface area contributed by atoms with Crippen molar-refractivity contribution in [1.82, 2.24) is 0 Å². The van der Waals surface area contributed by atoms with Gasteiger partial charge in [0.25, 0.3) is 0 Å². The number of carbonyl (C=O) groups excluding carboxylic acids is 3. The molecule has 0 saturated carbocycles. The highest BCUT2D eigenvalue weighted by molar-refractivity contribution is 7.99. The molecule has 2 aromatic rings. The van der Waals surface area contributed by atoms with E-state index in [4.69, 9.17) is 58.5 Å². The lowest BCUT2D eigenvalue weighted by Gasteiger charge is -2.18. The predicted octanol–water partition coefficient (Wildman–Crippen LogP) is 5.57. The molecular weight excluding hydrogens is 555 g/mol. The zero-order chi connectivity index (χ0) is 26.7. The standard InChI is InChI=1S/C24H25Cl3O8S/c1-14(28)31-12-19(35-16(3)30)13-33-24-22(26)8-21(9-23(24)27)36-20-6-4-17(5-7-20)32-11-18(10-25)34-15(2)29/h4-9,18-19H,10-13H2,1-3H3/t18-,19-/m1/s1. The lowest BCUT2D eigenvalue weighted by atomic mass is 10.3. The molecule has 0 aromatic heterocycles. The molecule has 2 aromatic carbocycles. The molecule has 0 bridgehead atoms. The summed E-state index contributed by atoms with van der Waals surface area (Å²) in [5.41, 5.74) is 0. The zero-order valence-corrected chi connectivity index (χ0v) is 22.8. The molecule has 0 N–H and O–H groups in total. The average molecular weight is 580 g/mol. The van der Waals surface area contributed by atoms with Crippen molar-refractivity contribution in [2.75, 3.05) is 25.7 Å². The van der Waals surface area contributed by atoms with Gasteiger partial charge in [-0.05, 0) is 36.4 Å². The number of rotatable bonds is 13. The van der Waals surface area contributed by atoms with Crippen LogP contribution in [0.5, 0.6) is 11.5 Å². The Kier molecular flexibility index (Phi) is 12.5. The monoisotopic (exact) mass is 578 g/mol. The second-order valence-electron chi connectivity index (χ2n) is 7.33. The van der Waals surface area contributed by atoms with Gasteiger partial charge in [-0.15, -0.1) is 11.6 Å². The van der Waals surface area contributed by atoms with Crippen molar-refractivity contribution < 1.29 is 38.1 Å². The van der Waals surface area contributed by atoms with E-state index in [2.05, 4.69) is 0 Å². The molecule has 2 rings (SSSR count). The van der Waals surface area contributed by atoms with E-state index in [9.17, 15) is 14.4 Å². The molecule has 0 aliphatic rings. The van der Waals surface area contributed by atoms with E-state index in [1.165, 1.54) is 32.5 Å². The van der Waals surface area contributed by atoms with Crippen LogP contribution < -0.4 is 9.47 Å². The number of benzene rings is 2. The van der Waals surface area contributed by atoms with E-state index in [0.717, 1.165) is 9.79 Å². The van der Waals surface area contributed by atoms with Crippen molar-refractivity contribution in [2.45, 2.75) is 42.8 Å². The Labute approximate surface area is 228 Å². The minimum Gasteiger partial charge on any atom is -0.490 e.